The minimum Gasteiger partial charge on any atom is -0.291 e. The molecule has 0 radical (unpaired) electrons. The summed E-state index contributed by atoms with van der Waals surface area (Å²) in [6.07, 6.45) is 2.92. The van der Waals surface area contributed by atoms with Gasteiger partial charge in [-0.15, -0.1) is 0 Å². The fourth-order valence-electron chi connectivity index (χ4n) is 1.44. The Hall–Kier alpha value is -0.810. The molecule has 1 fully saturated rings. The summed E-state index contributed by atoms with van der Waals surface area (Å²) in [5.41, 5.74) is -0.0547. The summed E-state index contributed by atoms with van der Waals surface area (Å²) in [5.74, 6) is 5.45. The van der Waals surface area contributed by atoms with Gasteiger partial charge in [0.2, 0.25) is 0 Å². The van der Waals surface area contributed by atoms with Gasteiger partial charge in [0.05, 0.1) is 5.54 Å². The van der Waals surface area contributed by atoms with Crippen LogP contribution in [0.25, 0.3) is 0 Å². The van der Waals surface area contributed by atoms with E-state index in [2.05, 4.69) is 23.7 Å². The second kappa shape index (κ2) is 3.06. The summed E-state index contributed by atoms with van der Waals surface area (Å²) in [4.78, 5) is 12.2. The Bertz CT molecular complexity index is 213. The lowest BCUT2D eigenvalue weighted by molar-refractivity contribution is -0.103. The highest BCUT2D eigenvalue weighted by molar-refractivity contribution is 5.73. The first-order valence-corrected chi connectivity index (χ1v) is 3.86. The molecule has 0 aromatic heterocycles. The van der Waals surface area contributed by atoms with Crippen molar-refractivity contribution in [2.45, 2.75) is 25.3 Å². The molecule has 1 saturated heterocycles. The molecule has 0 aromatic carbocycles. The molecule has 1 aliphatic rings. The van der Waals surface area contributed by atoms with Crippen molar-refractivity contribution in [1.29, 1.82) is 0 Å². The number of carbonyl (C=O) groups is 1. The molecule has 1 atom stereocenters. The van der Waals surface area contributed by atoms with Crippen LogP contribution in [-0.2, 0) is 4.79 Å². The first-order valence-electron chi connectivity index (χ1n) is 3.86. The van der Waals surface area contributed by atoms with Crippen LogP contribution < -0.4 is 0 Å². The zero-order chi connectivity index (χ0) is 8.32. The van der Waals surface area contributed by atoms with E-state index in [1.165, 1.54) is 6.42 Å². The predicted octanol–water partition coefficient (Wildman–Crippen LogP) is 0.673. The molecule has 0 spiro atoms. The maximum absolute atomic E-state index is 10.0. The van der Waals surface area contributed by atoms with E-state index in [9.17, 15) is 4.79 Å². The first kappa shape index (κ1) is 8.29. The number of rotatable bonds is 0. The van der Waals surface area contributed by atoms with Crippen LogP contribution in [0.15, 0.2) is 0 Å². The number of nitrogens with zero attached hydrogens (tertiary/aromatic N) is 1. The van der Waals surface area contributed by atoms with E-state index in [4.69, 9.17) is 0 Å². The van der Waals surface area contributed by atoms with Gasteiger partial charge in [-0.05, 0) is 39.3 Å². The zero-order valence-corrected chi connectivity index (χ0v) is 7.05. The molecule has 0 saturated carbocycles. The molecular weight excluding hydrogens is 138 g/mol. The lowest BCUT2D eigenvalue weighted by Gasteiger charge is -2.25. The lowest BCUT2D eigenvalue weighted by Crippen LogP contribution is -2.36. The Kier molecular flexibility index (Phi) is 2.31. The summed E-state index contributed by atoms with van der Waals surface area (Å²) >= 11 is 0. The van der Waals surface area contributed by atoms with Gasteiger partial charge >= 0.3 is 0 Å². The molecule has 60 valence electrons. The largest absolute Gasteiger partial charge is 0.291 e. The predicted molar refractivity (Wildman–Crippen MR) is 44.1 cm³/mol. The van der Waals surface area contributed by atoms with E-state index in [1.54, 1.807) is 0 Å². The van der Waals surface area contributed by atoms with Crippen molar-refractivity contribution in [3.05, 3.63) is 0 Å². The summed E-state index contributed by atoms with van der Waals surface area (Å²) < 4.78 is 0. The highest BCUT2D eigenvalue weighted by atomic mass is 16.1. The highest BCUT2D eigenvalue weighted by Gasteiger charge is 2.31. The van der Waals surface area contributed by atoms with Gasteiger partial charge in [-0.1, -0.05) is 5.92 Å². The fraction of sp³-hybridized carbons (Fsp3) is 0.667. The fourth-order valence-corrected chi connectivity index (χ4v) is 1.44. The van der Waals surface area contributed by atoms with Crippen LogP contribution in [0.3, 0.4) is 0 Å². The molecule has 1 aliphatic heterocycles. The van der Waals surface area contributed by atoms with Crippen molar-refractivity contribution >= 4 is 6.29 Å². The van der Waals surface area contributed by atoms with Gasteiger partial charge in [0.15, 0.2) is 6.29 Å². The monoisotopic (exact) mass is 151 g/mol. The molecule has 0 amide bonds. The first-order chi connectivity index (χ1) is 5.19. The van der Waals surface area contributed by atoms with Crippen LogP contribution in [0, 0.1) is 11.8 Å². The standard InChI is InChI=1S/C9H13NO/c1-9(6-4-8-11)5-3-7-10(9)2/h8H,3,5,7H2,1-2H3. The minimum atomic E-state index is -0.0547. The molecule has 2 heteroatoms. The Morgan fingerprint density at radius 3 is 2.82 bits per heavy atom. The summed E-state index contributed by atoms with van der Waals surface area (Å²) in [5, 5.41) is 0. The van der Waals surface area contributed by atoms with Crippen molar-refractivity contribution in [2.75, 3.05) is 13.6 Å². The summed E-state index contributed by atoms with van der Waals surface area (Å²) in [7, 11) is 2.05. The van der Waals surface area contributed by atoms with E-state index in [0.29, 0.717) is 6.29 Å². The third kappa shape index (κ3) is 1.61. The molecule has 1 rings (SSSR count). The lowest BCUT2D eigenvalue weighted by atomic mass is 10.0. The van der Waals surface area contributed by atoms with Gasteiger partial charge < -0.3 is 0 Å². The van der Waals surface area contributed by atoms with E-state index in [-0.39, 0.29) is 5.54 Å². The Labute approximate surface area is 67.6 Å². The van der Waals surface area contributed by atoms with E-state index in [0.717, 1.165) is 13.0 Å². The number of hydrogen-bond acceptors (Lipinski definition) is 2. The van der Waals surface area contributed by atoms with Gasteiger partial charge in [0.25, 0.3) is 0 Å². The third-order valence-electron chi connectivity index (χ3n) is 2.40. The average molecular weight is 151 g/mol. The molecule has 1 heterocycles. The van der Waals surface area contributed by atoms with E-state index < -0.39 is 0 Å². The van der Waals surface area contributed by atoms with Crippen molar-refractivity contribution in [3.8, 4) is 11.8 Å². The average Bonchev–Trinajstić information content (AvgIpc) is 2.30. The summed E-state index contributed by atoms with van der Waals surface area (Å²) in [6.45, 7) is 3.17. The van der Waals surface area contributed by atoms with Crippen molar-refractivity contribution in [1.82, 2.24) is 4.90 Å². The van der Waals surface area contributed by atoms with Crippen molar-refractivity contribution in [3.63, 3.8) is 0 Å². The SMILES string of the molecule is CN1CCCC1(C)C#CC=O. The molecule has 0 N–H and O–H groups in total. The van der Waals surface area contributed by atoms with E-state index >= 15 is 0 Å². The normalized spacial score (nSPS) is 31.1. The van der Waals surface area contributed by atoms with E-state index in [1.807, 2.05) is 7.05 Å². The minimum absolute atomic E-state index is 0.0547. The smallest absolute Gasteiger partial charge is 0.192 e. The maximum Gasteiger partial charge on any atom is 0.192 e. The summed E-state index contributed by atoms with van der Waals surface area (Å²) in [6, 6.07) is 0. The van der Waals surface area contributed by atoms with Crippen molar-refractivity contribution in [2.24, 2.45) is 0 Å². The van der Waals surface area contributed by atoms with Gasteiger partial charge in [0.1, 0.15) is 0 Å². The number of likely N-dealkylation sites (tertiary alicyclic amines) is 1. The van der Waals surface area contributed by atoms with Gasteiger partial charge in [-0.2, -0.15) is 0 Å². The highest BCUT2D eigenvalue weighted by Crippen LogP contribution is 2.25. The Balaban J connectivity index is 2.72. The molecule has 0 aliphatic carbocycles. The van der Waals surface area contributed by atoms with Gasteiger partial charge in [-0.3, -0.25) is 9.69 Å². The molecular formula is C9H13NO. The van der Waals surface area contributed by atoms with Crippen LogP contribution in [0.2, 0.25) is 0 Å². The third-order valence-corrected chi connectivity index (χ3v) is 2.40. The van der Waals surface area contributed by atoms with Gasteiger partial charge in [-0.25, -0.2) is 0 Å². The molecule has 0 bridgehead atoms. The van der Waals surface area contributed by atoms with Gasteiger partial charge in [0, 0.05) is 0 Å². The van der Waals surface area contributed by atoms with Crippen molar-refractivity contribution < 1.29 is 4.79 Å². The number of carbonyl (C=O) groups excluding carboxylic acids is 1. The quantitative estimate of drug-likeness (QED) is 0.374. The molecule has 2 nitrogen and oxygen atoms in total. The number of hydrogen-bond donors (Lipinski definition) is 0. The van der Waals surface area contributed by atoms with Crippen LogP contribution in [0.4, 0.5) is 0 Å². The number of aldehydes is 1. The zero-order valence-electron chi connectivity index (χ0n) is 7.05. The maximum atomic E-state index is 10.0. The van der Waals surface area contributed by atoms with Crippen LogP contribution in [0.5, 0.6) is 0 Å². The van der Waals surface area contributed by atoms with Crippen LogP contribution >= 0.6 is 0 Å². The second-order valence-corrected chi connectivity index (χ2v) is 3.19. The molecule has 11 heavy (non-hydrogen) atoms. The Morgan fingerprint density at radius 2 is 2.36 bits per heavy atom. The molecule has 0 aromatic rings. The Morgan fingerprint density at radius 1 is 1.64 bits per heavy atom. The topological polar surface area (TPSA) is 20.3 Å². The second-order valence-electron chi connectivity index (χ2n) is 3.19. The van der Waals surface area contributed by atoms with Crippen LogP contribution in [0.1, 0.15) is 19.8 Å². The molecule has 1 unspecified atom stereocenters. The van der Waals surface area contributed by atoms with Crippen LogP contribution in [-0.4, -0.2) is 30.3 Å².